The molecule has 1 atom stereocenters. The topological polar surface area (TPSA) is 123 Å². The molecule has 118 valence electrons. The Kier molecular flexibility index (Phi) is 4.59. The van der Waals surface area contributed by atoms with E-state index in [0.29, 0.717) is 5.76 Å². The fourth-order valence-corrected chi connectivity index (χ4v) is 3.04. The molecule has 2 aromatic rings. The maximum absolute atomic E-state index is 12.1. The molecule has 0 amide bonds. The molecule has 1 unspecified atom stereocenters. The van der Waals surface area contributed by atoms with Crippen LogP contribution < -0.4 is 4.72 Å². The van der Waals surface area contributed by atoms with Crippen molar-refractivity contribution in [3.05, 3.63) is 58.0 Å². The van der Waals surface area contributed by atoms with E-state index in [1.54, 1.807) is 13.0 Å². The normalized spacial score (nSPS) is 13.0. The zero-order valence-corrected chi connectivity index (χ0v) is 12.4. The van der Waals surface area contributed by atoms with Crippen LogP contribution in [0.2, 0.25) is 0 Å². The molecule has 0 saturated heterocycles. The van der Waals surface area contributed by atoms with Crippen molar-refractivity contribution in [3.63, 3.8) is 0 Å². The van der Waals surface area contributed by atoms with Crippen molar-refractivity contribution in [2.45, 2.75) is 17.9 Å². The highest BCUT2D eigenvalue weighted by Gasteiger charge is 2.26. The summed E-state index contributed by atoms with van der Waals surface area (Å²) >= 11 is 0. The zero-order chi connectivity index (χ0) is 16.3. The van der Waals surface area contributed by atoms with Crippen molar-refractivity contribution in [1.82, 2.24) is 4.72 Å². The van der Waals surface area contributed by atoms with Gasteiger partial charge in [-0.05, 0) is 25.1 Å². The van der Waals surface area contributed by atoms with Gasteiger partial charge < -0.3 is 9.52 Å². The highest BCUT2D eigenvalue weighted by atomic mass is 32.2. The molecule has 0 bridgehead atoms. The molecule has 1 aromatic carbocycles. The minimum atomic E-state index is -4.13. The minimum Gasteiger partial charge on any atom is -0.464 e. The quantitative estimate of drug-likeness (QED) is 0.612. The predicted octanol–water partition coefficient (Wildman–Crippen LogP) is 1.51. The molecule has 0 aliphatic rings. The van der Waals surface area contributed by atoms with E-state index in [1.165, 1.54) is 18.2 Å². The number of furan rings is 1. The molecule has 0 spiro atoms. The van der Waals surface area contributed by atoms with E-state index >= 15 is 0 Å². The molecule has 0 aliphatic carbocycles. The van der Waals surface area contributed by atoms with Gasteiger partial charge in [-0.2, -0.15) is 0 Å². The average Bonchev–Trinajstić information content (AvgIpc) is 2.91. The smallest absolute Gasteiger partial charge is 0.289 e. The van der Waals surface area contributed by atoms with Gasteiger partial charge in [0.15, 0.2) is 4.90 Å². The summed E-state index contributed by atoms with van der Waals surface area (Å²) in [6.45, 7) is 1.33. The first kappa shape index (κ1) is 16.1. The molecule has 0 saturated carbocycles. The Labute approximate surface area is 126 Å². The first-order valence-corrected chi connectivity index (χ1v) is 7.77. The Morgan fingerprint density at radius 2 is 2.00 bits per heavy atom. The van der Waals surface area contributed by atoms with E-state index < -0.39 is 31.6 Å². The van der Waals surface area contributed by atoms with Crippen LogP contribution in [0.5, 0.6) is 0 Å². The van der Waals surface area contributed by atoms with Crippen LogP contribution in [-0.4, -0.2) is 25.0 Å². The third-order valence-electron chi connectivity index (χ3n) is 2.91. The lowest BCUT2D eigenvalue weighted by atomic mass is 10.3. The summed E-state index contributed by atoms with van der Waals surface area (Å²) in [5.74, 6) is 0.790. The number of aliphatic hydroxyl groups excluding tert-OH is 1. The van der Waals surface area contributed by atoms with Crippen LogP contribution in [0, 0.1) is 17.0 Å². The van der Waals surface area contributed by atoms with E-state index in [1.807, 2.05) is 0 Å². The van der Waals surface area contributed by atoms with Crippen LogP contribution >= 0.6 is 0 Å². The van der Waals surface area contributed by atoms with Gasteiger partial charge in [-0.25, -0.2) is 13.1 Å². The van der Waals surface area contributed by atoms with E-state index in [4.69, 9.17) is 4.42 Å². The van der Waals surface area contributed by atoms with Gasteiger partial charge in [-0.15, -0.1) is 0 Å². The molecule has 22 heavy (non-hydrogen) atoms. The van der Waals surface area contributed by atoms with Gasteiger partial charge >= 0.3 is 0 Å². The average molecular weight is 326 g/mol. The van der Waals surface area contributed by atoms with Crippen molar-refractivity contribution in [2.75, 3.05) is 6.54 Å². The van der Waals surface area contributed by atoms with Crippen molar-refractivity contribution in [1.29, 1.82) is 0 Å². The number of hydrogen-bond donors (Lipinski definition) is 2. The Morgan fingerprint density at radius 3 is 2.59 bits per heavy atom. The molecule has 0 fully saturated rings. The maximum atomic E-state index is 12.1. The fraction of sp³-hybridized carbons (Fsp3) is 0.231. The van der Waals surface area contributed by atoms with Crippen LogP contribution in [0.1, 0.15) is 17.6 Å². The lowest BCUT2D eigenvalue weighted by Crippen LogP contribution is -2.29. The third-order valence-corrected chi connectivity index (χ3v) is 4.38. The molecule has 1 aromatic heterocycles. The van der Waals surface area contributed by atoms with Gasteiger partial charge in [0, 0.05) is 12.6 Å². The van der Waals surface area contributed by atoms with Crippen molar-refractivity contribution in [3.8, 4) is 0 Å². The summed E-state index contributed by atoms with van der Waals surface area (Å²) in [5, 5.41) is 20.7. The number of nitro benzene ring substituents is 1. The van der Waals surface area contributed by atoms with Gasteiger partial charge in [-0.1, -0.05) is 12.1 Å². The van der Waals surface area contributed by atoms with E-state index in [0.717, 1.165) is 12.1 Å². The number of sulfonamides is 1. The van der Waals surface area contributed by atoms with Crippen molar-refractivity contribution < 1.29 is 22.9 Å². The fourth-order valence-electron chi connectivity index (χ4n) is 1.83. The van der Waals surface area contributed by atoms with Crippen LogP contribution in [0.25, 0.3) is 0 Å². The number of nitro groups is 1. The lowest BCUT2D eigenvalue weighted by Gasteiger charge is -2.10. The minimum absolute atomic E-state index is 0.211. The molecule has 2 rings (SSSR count). The van der Waals surface area contributed by atoms with Gasteiger partial charge in [0.1, 0.15) is 17.6 Å². The third kappa shape index (κ3) is 3.50. The Morgan fingerprint density at radius 1 is 1.32 bits per heavy atom. The number of rotatable bonds is 6. The second-order valence-corrected chi connectivity index (χ2v) is 6.28. The number of nitrogens with zero attached hydrogens (tertiary/aromatic N) is 1. The number of hydrogen-bond acceptors (Lipinski definition) is 6. The van der Waals surface area contributed by atoms with Gasteiger partial charge in [0.25, 0.3) is 5.69 Å². The number of aryl methyl sites for hydroxylation is 1. The summed E-state index contributed by atoms with van der Waals surface area (Å²) in [6, 6.07) is 8.14. The first-order valence-electron chi connectivity index (χ1n) is 6.29. The number of benzene rings is 1. The highest BCUT2D eigenvalue weighted by molar-refractivity contribution is 7.89. The number of nitrogens with one attached hydrogen (secondary N) is 1. The Bertz CT molecular complexity index is 783. The van der Waals surface area contributed by atoms with Crippen molar-refractivity contribution in [2.24, 2.45) is 0 Å². The van der Waals surface area contributed by atoms with Gasteiger partial charge in [0.2, 0.25) is 10.0 Å². The molecule has 2 N–H and O–H groups in total. The van der Waals surface area contributed by atoms with Crippen LogP contribution in [0.15, 0.2) is 45.7 Å². The van der Waals surface area contributed by atoms with Crippen LogP contribution in [0.3, 0.4) is 0 Å². The van der Waals surface area contributed by atoms with Gasteiger partial charge in [0.05, 0.1) is 4.92 Å². The van der Waals surface area contributed by atoms with E-state index in [-0.39, 0.29) is 12.3 Å². The first-order chi connectivity index (χ1) is 10.3. The highest BCUT2D eigenvalue weighted by Crippen LogP contribution is 2.23. The number of aliphatic hydroxyl groups is 1. The Hall–Kier alpha value is -2.23. The molecule has 0 radical (unpaired) electrons. The summed E-state index contributed by atoms with van der Waals surface area (Å²) in [7, 11) is -4.13. The molecule has 0 aliphatic heterocycles. The maximum Gasteiger partial charge on any atom is 0.289 e. The standard InChI is InChI=1S/C13H14N2O6S/c1-9-6-7-12(21-9)11(16)8-14-22(19,20)13-5-3-2-4-10(13)15(17)18/h2-7,11,14,16H,8H2,1H3. The van der Waals surface area contributed by atoms with E-state index in [9.17, 15) is 23.6 Å². The Balaban J connectivity index is 2.17. The summed E-state index contributed by atoms with van der Waals surface area (Å²) < 4.78 is 31.6. The second-order valence-electron chi connectivity index (χ2n) is 4.54. The summed E-state index contributed by atoms with van der Waals surface area (Å²) in [6.07, 6.45) is -1.19. The molecule has 1 heterocycles. The van der Waals surface area contributed by atoms with Gasteiger partial charge in [-0.3, -0.25) is 10.1 Å². The summed E-state index contributed by atoms with van der Waals surface area (Å²) in [4.78, 5) is 9.65. The number of para-hydroxylation sites is 1. The van der Waals surface area contributed by atoms with E-state index in [2.05, 4.69) is 4.72 Å². The molecular weight excluding hydrogens is 312 g/mol. The monoisotopic (exact) mass is 326 g/mol. The lowest BCUT2D eigenvalue weighted by molar-refractivity contribution is -0.387. The molecule has 9 heteroatoms. The van der Waals surface area contributed by atoms with Crippen LogP contribution in [-0.2, 0) is 10.0 Å². The molecular formula is C13H14N2O6S. The van der Waals surface area contributed by atoms with Crippen LogP contribution in [0.4, 0.5) is 5.69 Å². The predicted molar refractivity (Wildman–Crippen MR) is 76.7 cm³/mol. The zero-order valence-electron chi connectivity index (χ0n) is 11.6. The molecule has 8 nitrogen and oxygen atoms in total. The largest absolute Gasteiger partial charge is 0.464 e. The van der Waals surface area contributed by atoms with Crippen molar-refractivity contribution >= 4 is 15.7 Å². The SMILES string of the molecule is Cc1ccc(C(O)CNS(=O)(=O)c2ccccc2[N+](=O)[O-])o1. The second kappa shape index (κ2) is 6.26. The summed E-state index contributed by atoms with van der Waals surface area (Å²) in [5.41, 5.74) is -0.529.